The lowest BCUT2D eigenvalue weighted by Crippen LogP contribution is -2.14. The van der Waals surface area contributed by atoms with Crippen LogP contribution in [0.3, 0.4) is 0 Å². The predicted molar refractivity (Wildman–Crippen MR) is 70.9 cm³/mol. The van der Waals surface area contributed by atoms with Gasteiger partial charge in [0.1, 0.15) is 0 Å². The Morgan fingerprint density at radius 1 is 1.28 bits per heavy atom. The molecule has 5 nitrogen and oxygen atoms in total. The molecule has 0 amide bonds. The molecule has 0 aliphatic rings. The zero-order valence-corrected chi connectivity index (χ0v) is 11.0. The number of hydrogen-bond donors (Lipinski definition) is 2. The van der Waals surface area contributed by atoms with Gasteiger partial charge in [0.25, 0.3) is 0 Å². The van der Waals surface area contributed by atoms with E-state index < -0.39 is 10.0 Å². The van der Waals surface area contributed by atoms with Crippen LogP contribution in [0.1, 0.15) is 5.69 Å². The van der Waals surface area contributed by atoms with Gasteiger partial charge in [0.05, 0.1) is 10.6 Å². The summed E-state index contributed by atoms with van der Waals surface area (Å²) in [4.78, 5) is 4.18. The quantitative estimate of drug-likeness (QED) is 0.880. The molecule has 0 aliphatic heterocycles. The molecule has 1 aromatic heterocycles. The van der Waals surface area contributed by atoms with Gasteiger partial charge in [0.15, 0.2) is 0 Å². The van der Waals surface area contributed by atoms with Crippen LogP contribution in [0.15, 0.2) is 29.3 Å². The summed E-state index contributed by atoms with van der Waals surface area (Å²) in [5.74, 6) is 0. The van der Waals surface area contributed by atoms with Crippen LogP contribution >= 0.6 is 11.6 Å². The average molecular weight is 286 g/mol. The Hall–Kier alpha value is -1.21. The van der Waals surface area contributed by atoms with Gasteiger partial charge in [-0.3, -0.25) is 4.98 Å². The Kier molecular flexibility index (Phi) is 3.54. The minimum atomic E-state index is -3.83. The van der Waals surface area contributed by atoms with Crippen LogP contribution in [0.2, 0.25) is 5.02 Å². The minimum absolute atomic E-state index is 0.0263. The van der Waals surface area contributed by atoms with Gasteiger partial charge in [0, 0.05) is 28.4 Å². The number of benzene rings is 1. The number of primary sulfonamides is 1. The molecule has 96 valence electrons. The molecule has 0 unspecified atom stereocenters. The number of nitrogens with zero attached hydrogens (tertiary/aromatic N) is 1. The second-order valence-corrected chi connectivity index (χ2v) is 5.75. The molecule has 0 saturated carbocycles. The van der Waals surface area contributed by atoms with E-state index in [0.717, 1.165) is 0 Å². The summed E-state index contributed by atoms with van der Waals surface area (Å²) in [6, 6.07) is 4.56. The predicted octanol–water partition coefficient (Wildman–Crippen LogP) is 1.04. The molecule has 0 atom stereocenters. The lowest BCUT2D eigenvalue weighted by Gasteiger charge is -2.10. The van der Waals surface area contributed by atoms with E-state index >= 15 is 0 Å². The van der Waals surface area contributed by atoms with E-state index in [1.807, 2.05) is 0 Å². The maximum Gasteiger partial charge on any atom is 0.238 e. The Morgan fingerprint density at radius 3 is 2.61 bits per heavy atom. The van der Waals surface area contributed by atoms with Crippen molar-refractivity contribution in [3.8, 4) is 0 Å². The van der Waals surface area contributed by atoms with Crippen molar-refractivity contribution >= 4 is 32.4 Å². The molecule has 1 heterocycles. The Bertz CT molecular complexity index is 701. The first-order valence-corrected chi connectivity index (χ1v) is 7.16. The second kappa shape index (κ2) is 4.81. The summed E-state index contributed by atoms with van der Waals surface area (Å²) in [6.07, 6.45) is 2.03. The number of aromatic nitrogens is 1. The third kappa shape index (κ3) is 2.32. The van der Waals surface area contributed by atoms with Crippen LogP contribution < -0.4 is 10.9 Å². The van der Waals surface area contributed by atoms with Crippen molar-refractivity contribution in [1.82, 2.24) is 4.98 Å². The normalized spacial score (nSPS) is 11.9. The van der Waals surface area contributed by atoms with Crippen LogP contribution in [0.5, 0.6) is 0 Å². The molecule has 2 rings (SSSR count). The van der Waals surface area contributed by atoms with Crippen molar-refractivity contribution in [2.24, 2.45) is 10.9 Å². The number of hydrogen-bond acceptors (Lipinski definition) is 4. The highest BCUT2D eigenvalue weighted by Crippen LogP contribution is 2.30. The lowest BCUT2D eigenvalue weighted by molar-refractivity contribution is 0.598. The monoisotopic (exact) mass is 285 g/mol. The van der Waals surface area contributed by atoms with Crippen LogP contribution in [0.4, 0.5) is 0 Å². The lowest BCUT2D eigenvalue weighted by atomic mass is 10.1. The third-order valence-electron chi connectivity index (χ3n) is 2.60. The first-order chi connectivity index (χ1) is 8.45. The molecule has 2 aromatic rings. The number of rotatable bonds is 3. The zero-order chi connectivity index (χ0) is 13.3. The number of sulfonamides is 1. The van der Waals surface area contributed by atoms with Gasteiger partial charge in [-0.25, -0.2) is 13.6 Å². The van der Waals surface area contributed by atoms with Crippen molar-refractivity contribution in [1.29, 1.82) is 0 Å². The highest BCUT2D eigenvalue weighted by atomic mass is 35.5. The zero-order valence-electron chi connectivity index (χ0n) is 9.43. The van der Waals surface area contributed by atoms with Crippen LogP contribution in [0.25, 0.3) is 10.8 Å². The van der Waals surface area contributed by atoms with E-state index in [9.17, 15) is 8.42 Å². The molecular weight excluding hydrogens is 274 g/mol. The number of halogens is 1. The molecule has 7 heteroatoms. The van der Waals surface area contributed by atoms with E-state index in [4.69, 9.17) is 22.5 Å². The molecule has 0 radical (unpaired) electrons. The van der Waals surface area contributed by atoms with Crippen molar-refractivity contribution in [3.63, 3.8) is 0 Å². The summed E-state index contributed by atoms with van der Waals surface area (Å²) < 4.78 is 23.2. The highest BCUT2D eigenvalue weighted by Gasteiger charge is 2.17. The minimum Gasteiger partial charge on any atom is -0.330 e. The average Bonchev–Trinajstić information content (AvgIpc) is 2.29. The van der Waals surface area contributed by atoms with Gasteiger partial charge < -0.3 is 5.73 Å². The van der Waals surface area contributed by atoms with E-state index in [1.165, 1.54) is 12.1 Å². The summed E-state index contributed by atoms with van der Waals surface area (Å²) >= 11 is 6.06. The SMILES string of the molecule is NCCc1nccc2c(Cl)ccc(S(N)(=O)=O)c12. The fourth-order valence-corrected chi connectivity index (χ4v) is 2.85. The smallest absolute Gasteiger partial charge is 0.238 e. The molecule has 0 spiro atoms. The Morgan fingerprint density at radius 2 is 2.00 bits per heavy atom. The molecule has 0 aliphatic carbocycles. The van der Waals surface area contributed by atoms with Gasteiger partial charge >= 0.3 is 0 Å². The fraction of sp³-hybridized carbons (Fsp3) is 0.182. The first-order valence-electron chi connectivity index (χ1n) is 5.24. The van der Waals surface area contributed by atoms with Gasteiger partial charge in [-0.05, 0) is 24.7 Å². The molecule has 1 aromatic carbocycles. The fourth-order valence-electron chi connectivity index (χ4n) is 1.86. The van der Waals surface area contributed by atoms with E-state index in [-0.39, 0.29) is 4.90 Å². The van der Waals surface area contributed by atoms with Crippen LogP contribution in [-0.2, 0) is 16.4 Å². The molecular formula is C11H12ClN3O2S. The van der Waals surface area contributed by atoms with Crippen molar-refractivity contribution < 1.29 is 8.42 Å². The maximum atomic E-state index is 11.6. The van der Waals surface area contributed by atoms with Crippen LogP contribution in [0, 0.1) is 0 Å². The van der Waals surface area contributed by atoms with Gasteiger partial charge in [0.2, 0.25) is 10.0 Å². The third-order valence-corrected chi connectivity index (χ3v) is 3.88. The van der Waals surface area contributed by atoms with Crippen molar-refractivity contribution in [3.05, 3.63) is 35.1 Å². The van der Waals surface area contributed by atoms with E-state index in [2.05, 4.69) is 4.98 Å². The molecule has 0 saturated heterocycles. The van der Waals surface area contributed by atoms with Gasteiger partial charge in [-0.1, -0.05) is 11.6 Å². The number of fused-ring (bicyclic) bond motifs is 1. The second-order valence-electron chi connectivity index (χ2n) is 3.81. The van der Waals surface area contributed by atoms with Crippen LogP contribution in [-0.4, -0.2) is 19.9 Å². The topological polar surface area (TPSA) is 99.1 Å². The van der Waals surface area contributed by atoms with Gasteiger partial charge in [-0.15, -0.1) is 0 Å². The van der Waals surface area contributed by atoms with Gasteiger partial charge in [-0.2, -0.15) is 0 Å². The maximum absolute atomic E-state index is 11.6. The first kappa shape index (κ1) is 13.2. The highest BCUT2D eigenvalue weighted by molar-refractivity contribution is 7.89. The summed E-state index contributed by atoms with van der Waals surface area (Å²) in [7, 11) is -3.83. The summed E-state index contributed by atoms with van der Waals surface area (Å²) in [6.45, 7) is 0.364. The molecule has 0 bridgehead atoms. The Balaban J connectivity index is 2.92. The number of pyridine rings is 1. The molecule has 4 N–H and O–H groups in total. The van der Waals surface area contributed by atoms with E-state index in [1.54, 1.807) is 12.3 Å². The van der Waals surface area contributed by atoms with Crippen molar-refractivity contribution in [2.45, 2.75) is 11.3 Å². The Labute approximate surface area is 110 Å². The largest absolute Gasteiger partial charge is 0.330 e. The summed E-state index contributed by atoms with van der Waals surface area (Å²) in [5, 5.41) is 6.73. The molecule has 0 fully saturated rings. The van der Waals surface area contributed by atoms with E-state index in [0.29, 0.717) is 34.5 Å². The molecule has 18 heavy (non-hydrogen) atoms. The number of nitrogens with two attached hydrogens (primary N) is 2. The standard InChI is InChI=1S/C11H12ClN3O2S/c12-8-1-2-10(18(14,16)17)11-7(8)4-6-15-9(11)3-5-13/h1-2,4,6H,3,5,13H2,(H2,14,16,17). The van der Waals surface area contributed by atoms with Crippen molar-refractivity contribution in [2.75, 3.05) is 6.54 Å². The summed E-state index contributed by atoms with van der Waals surface area (Å²) in [5.41, 5.74) is 6.08.